The average Bonchev–Trinajstić information content (AvgIpc) is 2.90. The van der Waals surface area contributed by atoms with Crippen molar-refractivity contribution >= 4 is 29.5 Å². The predicted molar refractivity (Wildman–Crippen MR) is 53.4 cm³/mol. The molecule has 1 aliphatic carbocycles. The van der Waals surface area contributed by atoms with Gasteiger partial charge in [-0.05, 0) is 24.5 Å². The van der Waals surface area contributed by atoms with Crippen molar-refractivity contribution in [3.05, 3.63) is 33.8 Å². The highest BCUT2D eigenvalue weighted by atomic mass is 35.5. The summed E-state index contributed by atoms with van der Waals surface area (Å²) in [4.78, 5) is 10.9. The van der Waals surface area contributed by atoms with Crippen LogP contribution in [-0.4, -0.2) is 6.29 Å². The highest BCUT2D eigenvalue weighted by molar-refractivity contribution is 6.42. The van der Waals surface area contributed by atoms with Crippen molar-refractivity contribution in [3.8, 4) is 0 Å². The summed E-state index contributed by atoms with van der Waals surface area (Å²) in [5.74, 6) is 0. The molecule has 0 N–H and O–H groups in total. The van der Waals surface area contributed by atoms with Gasteiger partial charge in [-0.15, -0.1) is 0 Å². The Hall–Kier alpha value is -0.530. The van der Waals surface area contributed by atoms with Crippen molar-refractivity contribution in [2.24, 2.45) is 0 Å². The van der Waals surface area contributed by atoms with Gasteiger partial charge in [0.1, 0.15) is 6.29 Å². The Morgan fingerprint density at radius 2 is 2.00 bits per heavy atom. The van der Waals surface area contributed by atoms with Gasteiger partial charge in [0.05, 0.1) is 15.5 Å². The van der Waals surface area contributed by atoms with E-state index in [-0.39, 0.29) is 5.41 Å². The molecule has 0 unspecified atom stereocenters. The largest absolute Gasteiger partial charge is 0.302 e. The number of hydrogen-bond donors (Lipinski definition) is 0. The molecule has 1 aromatic carbocycles. The zero-order valence-electron chi connectivity index (χ0n) is 6.89. The van der Waals surface area contributed by atoms with Gasteiger partial charge in [0.15, 0.2) is 0 Å². The number of halogens is 2. The minimum atomic E-state index is -0.331. The van der Waals surface area contributed by atoms with Crippen LogP contribution >= 0.6 is 23.2 Å². The minimum Gasteiger partial charge on any atom is -0.302 e. The Labute approximate surface area is 86.7 Å². The van der Waals surface area contributed by atoms with Gasteiger partial charge in [0, 0.05) is 0 Å². The highest BCUT2D eigenvalue weighted by Gasteiger charge is 2.45. The van der Waals surface area contributed by atoms with Crippen LogP contribution in [0.15, 0.2) is 18.2 Å². The van der Waals surface area contributed by atoms with E-state index in [0.717, 1.165) is 24.7 Å². The Balaban J connectivity index is 2.52. The third kappa shape index (κ3) is 1.36. The van der Waals surface area contributed by atoms with Gasteiger partial charge in [-0.1, -0.05) is 35.3 Å². The molecule has 0 saturated heterocycles. The van der Waals surface area contributed by atoms with Gasteiger partial charge >= 0.3 is 0 Å². The van der Waals surface area contributed by atoms with E-state index in [9.17, 15) is 4.79 Å². The summed E-state index contributed by atoms with van der Waals surface area (Å²) in [6.07, 6.45) is 2.75. The Morgan fingerprint density at radius 1 is 1.31 bits per heavy atom. The van der Waals surface area contributed by atoms with E-state index in [2.05, 4.69) is 0 Å². The van der Waals surface area contributed by atoms with Crippen LogP contribution in [0.2, 0.25) is 10.0 Å². The molecule has 0 bridgehead atoms. The third-order valence-corrected chi connectivity index (χ3v) is 3.32. The number of hydrogen-bond acceptors (Lipinski definition) is 1. The molecular formula is C10H8Cl2O. The first kappa shape index (κ1) is 9.04. The number of rotatable bonds is 2. The molecule has 0 aromatic heterocycles. The number of carbonyl (C=O) groups is 1. The molecule has 3 heteroatoms. The molecule has 2 rings (SSSR count). The van der Waals surface area contributed by atoms with Crippen LogP contribution in [0.5, 0.6) is 0 Å². The van der Waals surface area contributed by atoms with Gasteiger partial charge in [0.2, 0.25) is 0 Å². The zero-order chi connectivity index (χ0) is 9.47. The monoisotopic (exact) mass is 214 g/mol. The molecule has 68 valence electrons. The molecule has 0 heterocycles. The van der Waals surface area contributed by atoms with Gasteiger partial charge in [-0.3, -0.25) is 0 Å². The summed E-state index contributed by atoms with van der Waals surface area (Å²) in [6, 6.07) is 5.43. The second kappa shape index (κ2) is 3.00. The fourth-order valence-electron chi connectivity index (χ4n) is 1.47. The van der Waals surface area contributed by atoms with Crippen molar-refractivity contribution in [3.63, 3.8) is 0 Å². The maximum atomic E-state index is 10.9. The SMILES string of the molecule is O=CC1(c2cccc(Cl)c2Cl)CC1. The molecule has 0 spiro atoms. The minimum absolute atomic E-state index is 0.331. The lowest BCUT2D eigenvalue weighted by Crippen LogP contribution is -2.08. The molecule has 1 saturated carbocycles. The quantitative estimate of drug-likeness (QED) is 0.692. The fourth-order valence-corrected chi connectivity index (χ4v) is 1.96. The van der Waals surface area contributed by atoms with E-state index in [1.54, 1.807) is 6.07 Å². The smallest absolute Gasteiger partial charge is 0.130 e. The molecule has 1 aliphatic rings. The van der Waals surface area contributed by atoms with Crippen molar-refractivity contribution in [2.75, 3.05) is 0 Å². The standard InChI is InChI=1S/C10H8Cl2O/c11-8-3-1-2-7(9(8)12)10(6-13)4-5-10/h1-3,6H,4-5H2. The molecule has 0 aliphatic heterocycles. The van der Waals surface area contributed by atoms with E-state index < -0.39 is 0 Å². The Morgan fingerprint density at radius 3 is 2.54 bits per heavy atom. The number of carbonyl (C=O) groups excluding carboxylic acids is 1. The molecular weight excluding hydrogens is 207 g/mol. The normalized spacial score (nSPS) is 18.3. The van der Waals surface area contributed by atoms with E-state index in [1.807, 2.05) is 12.1 Å². The van der Waals surface area contributed by atoms with Crippen molar-refractivity contribution in [1.82, 2.24) is 0 Å². The summed E-state index contributed by atoms with van der Waals surface area (Å²) in [5.41, 5.74) is 0.541. The van der Waals surface area contributed by atoms with Gasteiger partial charge < -0.3 is 4.79 Å². The predicted octanol–water partition coefficient (Wildman–Crippen LogP) is 3.22. The van der Waals surface area contributed by atoms with Crippen LogP contribution in [0.4, 0.5) is 0 Å². The lowest BCUT2D eigenvalue weighted by atomic mass is 9.98. The van der Waals surface area contributed by atoms with Crippen LogP contribution < -0.4 is 0 Å². The maximum Gasteiger partial charge on any atom is 0.130 e. The number of benzene rings is 1. The fraction of sp³-hybridized carbons (Fsp3) is 0.300. The lowest BCUT2D eigenvalue weighted by molar-refractivity contribution is -0.109. The maximum absolute atomic E-state index is 10.9. The van der Waals surface area contributed by atoms with Crippen molar-refractivity contribution in [2.45, 2.75) is 18.3 Å². The first-order chi connectivity index (χ1) is 6.19. The average molecular weight is 215 g/mol. The van der Waals surface area contributed by atoms with Gasteiger partial charge in [0.25, 0.3) is 0 Å². The molecule has 0 amide bonds. The van der Waals surface area contributed by atoms with Crippen LogP contribution in [-0.2, 0) is 10.2 Å². The van der Waals surface area contributed by atoms with Crippen molar-refractivity contribution in [1.29, 1.82) is 0 Å². The van der Waals surface area contributed by atoms with Gasteiger partial charge in [-0.2, -0.15) is 0 Å². The summed E-state index contributed by atoms with van der Waals surface area (Å²) in [6.45, 7) is 0. The summed E-state index contributed by atoms with van der Waals surface area (Å²) >= 11 is 11.9. The summed E-state index contributed by atoms with van der Waals surface area (Å²) in [7, 11) is 0. The van der Waals surface area contributed by atoms with E-state index in [4.69, 9.17) is 23.2 Å². The molecule has 0 atom stereocenters. The molecule has 1 aromatic rings. The molecule has 0 radical (unpaired) electrons. The molecule has 1 fully saturated rings. The zero-order valence-corrected chi connectivity index (χ0v) is 8.40. The molecule has 13 heavy (non-hydrogen) atoms. The van der Waals surface area contributed by atoms with Gasteiger partial charge in [-0.25, -0.2) is 0 Å². The van der Waals surface area contributed by atoms with E-state index in [0.29, 0.717) is 10.0 Å². The second-order valence-electron chi connectivity index (χ2n) is 3.38. The Kier molecular flexibility index (Phi) is 2.09. The van der Waals surface area contributed by atoms with Crippen LogP contribution in [0.25, 0.3) is 0 Å². The van der Waals surface area contributed by atoms with Crippen molar-refractivity contribution < 1.29 is 4.79 Å². The topological polar surface area (TPSA) is 17.1 Å². The van der Waals surface area contributed by atoms with E-state index >= 15 is 0 Å². The third-order valence-electron chi connectivity index (χ3n) is 2.50. The van der Waals surface area contributed by atoms with Crippen LogP contribution in [0.3, 0.4) is 0 Å². The first-order valence-corrected chi connectivity index (χ1v) is 4.86. The van der Waals surface area contributed by atoms with E-state index in [1.165, 1.54) is 0 Å². The highest BCUT2D eigenvalue weighted by Crippen LogP contribution is 2.49. The second-order valence-corrected chi connectivity index (χ2v) is 4.16. The Bertz CT molecular complexity index is 356. The van der Waals surface area contributed by atoms with Crippen LogP contribution in [0.1, 0.15) is 18.4 Å². The number of aldehydes is 1. The van der Waals surface area contributed by atoms with Crippen LogP contribution in [0, 0.1) is 0 Å². The summed E-state index contributed by atoms with van der Waals surface area (Å²) in [5, 5.41) is 1.04. The lowest BCUT2D eigenvalue weighted by Gasteiger charge is -2.10. The molecule has 1 nitrogen and oxygen atoms in total. The first-order valence-electron chi connectivity index (χ1n) is 4.10. The summed E-state index contributed by atoms with van der Waals surface area (Å²) < 4.78 is 0.